The highest BCUT2D eigenvalue weighted by atomic mass is 79.9. The third kappa shape index (κ3) is 4.60. The van der Waals surface area contributed by atoms with Crippen molar-refractivity contribution in [3.63, 3.8) is 0 Å². The van der Waals surface area contributed by atoms with Gasteiger partial charge in [0.1, 0.15) is 5.56 Å². The first-order valence-corrected chi connectivity index (χ1v) is 11.4. The molecule has 1 aromatic carbocycles. The summed E-state index contributed by atoms with van der Waals surface area (Å²) in [4.78, 5) is 26.3. The monoisotopic (exact) mass is 510 g/mol. The molecule has 2 aromatic rings. The number of aryl methyl sites for hydroxylation is 2. The summed E-state index contributed by atoms with van der Waals surface area (Å²) in [6.07, 6.45) is 4.20. The van der Waals surface area contributed by atoms with Crippen LogP contribution >= 0.6 is 31.9 Å². The van der Waals surface area contributed by atoms with Gasteiger partial charge in [0.15, 0.2) is 0 Å². The van der Waals surface area contributed by atoms with Crippen LogP contribution in [0.15, 0.2) is 25.9 Å². The fourth-order valence-electron chi connectivity index (χ4n) is 3.41. The van der Waals surface area contributed by atoms with Gasteiger partial charge in [0.05, 0.1) is 4.47 Å². The summed E-state index contributed by atoms with van der Waals surface area (Å²) >= 11 is 6.93. The molecular formula is C22H28Br2N2O2. The SMILES string of the molecule is CCCCc1c(C(=O)Nc2c(CC)cc(Br)cc2CC)c(=O)c(Br)c(C)n1C. The molecular weight excluding hydrogens is 484 g/mol. The average Bonchev–Trinajstić information content (AvgIpc) is 2.68. The predicted octanol–water partition coefficient (Wildman–Crippen LogP) is 5.94. The summed E-state index contributed by atoms with van der Waals surface area (Å²) in [5, 5.41) is 3.06. The molecule has 0 fully saturated rings. The zero-order valence-corrected chi connectivity index (χ0v) is 20.4. The van der Waals surface area contributed by atoms with Gasteiger partial charge in [0, 0.05) is 28.6 Å². The number of rotatable bonds is 7. The van der Waals surface area contributed by atoms with Crippen LogP contribution in [0.5, 0.6) is 0 Å². The Morgan fingerprint density at radius 1 is 1.11 bits per heavy atom. The number of benzene rings is 1. The number of anilines is 1. The standard InChI is InChI=1S/C22H28Br2N2O2/c1-6-9-10-17-18(21(27)19(24)13(4)26(17)5)22(28)25-20-14(7-2)11-16(23)12-15(20)8-3/h11-12H,6-10H2,1-5H3,(H,25,28). The molecule has 0 unspecified atom stereocenters. The van der Waals surface area contributed by atoms with Gasteiger partial charge in [-0.2, -0.15) is 0 Å². The normalized spacial score (nSPS) is 11.0. The van der Waals surface area contributed by atoms with Gasteiger partial charge in [-0.25, -0.2) is 0 Å². The summed E-state index contributed by atoms with van der Waals surface area (Å²) in [5.41, 5.74) is 4.54. The van der Waals surface area contributed by atoms with E-state index in [0.717, 1.165) is 58.4 Å². The highest BCUT2D eigenvalue weighted by Gasteiger charge is 2.23. The summed E-state index contributed by atoms with van der Waals surface area (Å²) in [7, 11) is 1.91. The molecule has 1 N–H and O–H groups in total. The van der Waals surface area contributed by atoms with Crippen LogP contribution in [0.4, 0.5) is 5.69 Å². The number of halogens is 2. The Balaban J connectivity index is 2.61. The minimum Gasteiger partial charge on any atom is -0.350 e. The quantitative estimate of drug-likeness (QED) is 0.500. The number of carbonyl (C=O) groups is 1. The number of pyridine rings is 1. The van der Waals surface area contributed by atoms with Crippen LogP contribution in [-0.2, 0) is 26.3 Å². The van der Waals surface area contributed by atoms with Crippen molar-refractivity contribution < 1.29 is 4.79 Å². The zero-order chi connectivity index (χ0) is 21.0. The maximum atomic E-state index is 13.3. The van der Waals surface area contributed by atoms with Gasteiger partial charge in [0.2, 0.25) is 5.43 Å². The molecule has 0 saturated heterocycles. The number of unbranched alkanes of at least 4 members (excludes halogenated alkanes) is 1. The second-order valence-corrected chi connectivity index (χ2v) is 8.68. The first-order chi connectivity index (χ1) is 13.3. The minimum atomic E-state index is -0.334. The van der Waals surface area contributed by atoms with E-state index in [-0.39, 0.29) is 16.9 Å². The van der Waals surface area contributed by atoms with E-state index >= 15 is 0 Å². The molecule has 0 atom stereocenters. The minimum absolute atomic E-state index is 0.237. The molecule has 1 aromatic heterocycles. The van der Waals surface area contributed by atoms with Crippen molar-refractivity contribution in [2.24, 2.45) is 7.05 Å². The largest absolute Gasteiger partial charge is 0.350 e. The number of hydrogen-bond acceptors (Lipinski definition) is 2. The molecule has 0 aliphatic carbocycles. The van der Waals surface area contributed by atoms with Gasteiger partial charge in [-0.05, 0) is 71.8 Å². The highest BCUT2D eigenvalue weighted by Crippen LogP contribution is 2.28. The first kappa shape index (κ1) is 22.9. The lowest BCUT2D eigenvalue weighted by molar-refractivity contribution is 0.102. The first-order valence-electron chi connectivity index (χ1n) is 9.77. The zero-order valence-electron chi connectivity index (χ0n) is 17.2. The number of nitrogens with zero attached hydrogens (tertiary/aromatic N) is 1. The maximum absolute atomic E-state index is 13.3. The van der Waals surface area contributed by atoms with E-state index in [4.69, 9.17) is 0 Å². The Bertz CT molecular complexity index is 924. The van der Waals surface area contributed by atoms with Crippen LogP contribution in [0.3, 0.4) is 0 Å². The van der Waals surface area contributed by atoms with Crippen molar-refractivity contribution in [2.45, 2.75) is 59.8 Å². The smallest absolute Gasteiger partial charge is 0.261 e. The molecule has 0 radical (unpaired) electrons. The number of amides is 1. The van der Waals surface area contributed by atoms with Crippen molar-refractivity contribution in [3.8, 4) is 0 Å². The number of hydrogen-bond donors (Lipinski definition) is 1. The summed E-state index contributed by atoms with van der Waals surface area (Å²) in [5.74, 6) is -0.334. The summed E-state index contributed by atoms with van der Waals surface area (Å²) in [6.45, 7) is 8.12. The predicted molar refractivity (Wildman–Crippen MR) is 124 cm³/mol. The Kier molecular flexibility index (Phi) is 8.07. The van der Waals surface area contributed by atoms with E-state index < -0.39 is 0 Å². The van der Waals surface area contributed by atoms with Crippen LogP contribution in [0, 0.1) is 6.92 Å². The molecule has 0 aliphatic rings. The fraction of sp³-hybridized carbons (Fsp3) is 0.455. The van der Waals surface area contributed by atoms with Crippen LogP contribution in [-0.4, -0.2) is 10.5 Å². The van der Waals surface area contributed by atoms with Crippen LogP contribution in [0.2, 0.25) is 0 Å². The van der Waals surface area contributed by atoms with E-state index in [1.54, 1.807) is 0 Å². The van der Waals surface area contributed by atoms with Gasteiger partial charge in [-0.1, -0.05) is 43.1 Å². The summed E-state index contributed by atoms with van der Waals surface area (Å²) in [6, 6.07) is 4.05. The van der Waals surface area contributed by atoms with Gasteiger partial charge in [-0.15, -0.1) is 0 Å². The molecule has 1 amide bonds. The second-order valence-electron chi connectivity index (χ2n) is 6.97. The third-order valence-corrected chi connectivity index (χ3v) is 6.59. The number of aromatic nitrogens is 1. The molecule has 152 valence electrons. The molecule has 0 saturated carbocycles. The number of nitrogens with one attached hydrogen (secondary N) is 1. The van der Waals surface area contributed by atoms with Crippen molar-refractivity contribution in [3.05, 3.63) is 59.4 Å². The van der Waals surface area contributed by atoms with Crippen molar-refractivity contribution in [2.75, 3.05) is 5.32 Å². The van der Waals surface area contributed by atoms with E-state index in [9.17, 15) is 9.59 Å². The Morgan fingerprint density at radius 2 is 1.68 bits per heavy atom. The Labute approximate surface area is 184 Å². The van der Waals surface area contributed by atoms with Gasteiger partial charge < -0.3 is 9.88 Å². The molecule has 4 nitrogen and oxygen atoms in total. The lowest BCUT2D eigenvalue weighted by Crippen LogP contribution is -2.29. The van der Waals surface area contributed by atoms with Crippen LogP contribution in [0.1, 0.15) is 66.5 Å². The molecule has 2 rings (SSSR count). The maximum Gasteiger partial charge on any atom is 0.261 e. The van der Waals surface area contributed by atoms with E-state index in [1.165, 1.54) is 0 Å². The van der Waals surface area contributed by atoms with Crippen molar-refractivity contribution >= 4 is 43.5 Å². The van der Waals surface area contributed by atoms with Crippen LogP contribution in [0.25, 0.3) is 0 Å². The summed E-state index contributed by atoms with van der Waals surface area (Å²) < 4.78 is 3.40. The second kappa shape index (κ2) is 9.88. The Morgan fingerprint density at radius 3 is 2.18 bits per heavy atom. The van der Waals surface area contributed by atoms with Crippen LogP contribution < -0.4 is 10.7 Å². The lowest BCUT2D eigenvalue weighted by Gasteiger charge is -2.20. The Hall–Kier alpha value is -1.40. The highest BCUT2D eigenvalue weighted by molar-refractivity contribution is 9.10. The van der Waals surface area contributed by atoms with Gasteiger partial charge >= 0.3 is 0 Å². The molecule has 0 bridgehead atoms. The molecule has 1 heterocycles. The average molecular weight is 512 g/mol. The van der Waals surface area contributed by atoms with Gasteiger partial charge in [0.25, 0.3) is 5.91 Å². The molecule has 0 aliphatic heterocycles. The third-order valence-electron chi connectivity index (χ3n) is 5.20. The topological polar surface area (TPSA) is 51.1 Å². The van der Waals surface area contributed by atoms with E-state index in [1.807, 2.05) is 30.7 Å². The van der Waals surface area contributed by atoms with E-state index in [2.05, 4.69) is 57.9 Å². The van der Waals surface area contributed by atoms with Crippen molar-refractivity contribution in [1.29, 1.82) is 0 Å². The van der Waals surface area contributed by atoms with Crippen molar-refractivity contribution in [1.82, 2.24) is 4.57 Å². The lowest BCUT2D eigenvalue weighted by atomic mass is 10.0. The molecule has 6 heteroatoms. The van der Waals surface area contributed by atoms with E-state index in [0.29, 0.717) is 10.9 Å². The van der Waals surface area contributed by atoms with Gasteiger partial charge in [-0.3, -0.25) is 9.59 Å². The fourth-order valence-corrected chi connectivity index (χ4v) is 4.43. The molecule has 0 spiro atoms. The molecule has 28 heavy (non-hydrogen) atoms. The number of carbonyl (C=O) groups excluding carboxylic acids is 1.